The maximum atomic E-state index is 12.8. The van der Waals surface area contributed by atoms with Gasteiger partial charge in [-0.05, 0) is 110 Å². The van der Waals surface area contributed by atoms with Crippen molar-refractivity contribution in [2.75, 3.05) is 0 Å². The van der Waals surface area contributed by atoms with Crippen molar-refractivity contribution >= 4 is 5.78 Å². The van der Waals surface area contributed by atoms with Gasteiger partial charge in [0.2, 0.25) is 0 Å². The van der Waals surface area contributed by atoms with E-state index in [1.54, 1.807) is 0 Å². The normalized spacial score (nSPS) is 48.5. The molecule has 1 nitrogen and oxygen atoms in total. The molecule has 0 aromatic heterocycles. The fourth-order valence-electron chi connectivity index (χ4n) is 10.6. The van der Waals surface area contributed by atoms with E-state index in [-0.39, 0.29) is 5.41 Å². The van der Waals surface area contributed by atoms with Gasteiger partial charge in [0, 0.05) is 11.8 Å². The van der Waals surface area contributed by atoms with E-state index in [1.165, 1.54) is 62.5 Å². The average Bonchev–Trinajstić information content (AvgIpc) is 3.31. The molecule has 0 amide bonds. The molecule has 5 saturated carbocycles. The number of carbonyl (C=O) groups excluding carboxylic acids is 1. The highest BCUT2D eigenvalue weighted by atomic mass is 16.1. The number of hydrogen-bond donors (Lipinski definition) is 0. The third-order valence-corrected chi connectivity index (χ3v) is 12.9. The molecule has 0 aromatic carbocycles. The van der Waals surface area contributed by atoms with Gasteiger partial charge in [-0.2, -0.15) is 0 Å². The van der Waals surface area contributed by atoms with Crippen molar-refractivity contribution in [3.8, 4) is 0 Å². The van der Waals surface area contributed by atoms with Crippen LogP contribution in [0.5, 0.6) is 0 Å². The number of rotatable bonds is 5. The molecule has 5 rings (SSSR count). The van der Waals surface area contributed by atoms with Gasteiger partial charge >= 0.3 is 0 Å². The van der Waals surface area contributed by atoms with Crippen LogP contribution in [0.4, 0.5) is 0 Å². The minimum atomic E-state index is -0.0975. The molecule has 0 aliphatic heterocycles. The van der Waals surface area contributed by atoms with Crippen molar-refractivity contribution in [1.82, 2.24) is 0 Å². The number of allylic oxidation sites excluding steroid dienone is 2. The van der Waals surface area contributed by atoms with Crippen molar-refractivity contribution in [2.24, 2.45) is 50.7 Å². The number of Topliss-reactive ketones (excluding diaryl/α,β-unsaturated/α-hetero) is 1. The van der Waals surface area contributed by atoms with Crippen molar-refractivity contribution in [3.05, 3.63) is 24.3 Å². The molecule has 5 aliphatic carbocycles. The van der Waals surface area contributed by atoms with Crippen LogP contribution in [0, 0.1) is 50.7 Å². The predicted octanol–water partition coefficient (Wildman–Crippen LogP) is 8.54. The first-order valence-corrected chi connectivity index (χ1v) is 13.7. The summed E-state index contributed by atoms with van der Waals surface area (Å²) in [5.74, 6) is 3.30. The molecule has 0 aromatic rings. The van der Waals surface area contributed by atoms with Crippen LogP contribution in [-0.2, 0) is 4.79 Å². The molecule has 0 N–H and O–H groups in total. The van der Waals surface area contributed by atoms with Crippen LogP contribution in [0.2, 0.25) is 0 Å². The predicted molar refractivity (Wildman–Crippen MR) is 134 cm³/mol. The summed E-state index contributed by atoms with van der Waals surface area (Å²) in [6.07, 6.45) is 13.9. The Labute approximate surface area is 197 Å². The molecular formula is C31H48O. The van der Waals surface area contributed by atoms with Gasteiger partial charge in [0.15, 0.2) is 0 Å². The van der Waals surface area contributed by atoms with Crippen molar-refractivity contribution in [2.45, 2.75) is 112 Å². The maximum absolute atomic E-state index is 12.8. The molecule has 5 aliphatic rings. The molecule has 7 atom stereocenters. The smallest absolute Gasteiger partial charge is 0.138 e. The lowest BCUT2D eigenvalue weighted by Crippen LogP contribution is -2.56. The quantitative estimate of drug-likeness (QED) is 0.394. The van der Waals surface area contributed by atoms with Gasteiger partial charge in [0.05, 0.1) is 0 Å². The Morgan fingerprint density at radius 1 is 0.875 bits per heavy atom. The minimum Gasteiger partial charge on any atom is -0.299 e. The number of hydrogen-bond acceptors (Lipinski definition) is 1. The summed E-state index contributed by atoms with van der Waals surface area (Å²) in [7, 11) is 0. The van der Waals surface area contributed by atoms with Gasteiger partial charge in [-0.25, -0.2) is 0 Å². The molecular weight excluding hydrogens is 388 g/mol. The second-order valence-electron chi connectivity index (χ2n) is 14.2. The third-order valence-electron chi connectivity index (χ3n) is 12.9. The Balaban J connectivity index is 1.40. The van der Waals surface area contributed by atoms with Crippen molar-refractivity contribution in [1.29, 1.82) is 0 Å². The van der Waals surface area contributed by atoms with Gasteiger partial charge in [0.1, 0.15) is 5.78 Å². The lowest BCUT2D eigenvalue weighted by Gasteiger charge is -2.62. The van der Waals surface area contributed by atoms with E-state index in [2.05, 4.69) is 54.7 Å². The zero-order valence-electron chi connectivity index (χ0n) is 21.9. The molecule has 0 bridgehead atoms. The number of fused-ring (bicyclic) bond motifs is 2. The molecule has 0 heterocycles. The molecule has 2 spiro atoms. The fourth-order valence-corrected chi connectivity index (χ4v) is 10.6. The second kappa shape index (κ2) is 6.85. The Kier molecular flexibility index (Phi) is 4.91. The summed E-state index contributed by atoms with van der Waals surface area (Å²) < 4.78 is 0. The van der Waals surface area contributed by atoms with E-state index in [0.29, 0.717) is 45.2 Å². The first kappa shape index (κ1) is 22.9. The Morgan fingerprint density at radius 3 is 2.22 bits per heavy atom. The topological polar surface area (TPSA) is 17.1 Å². The Morgan fingerprint density at radius 2 is 1.53 bits per heavy atom. The minimum absolute atomic E-state index is 0.0975. The van der Waals surface area contributed by atoms with E-state index in [4.69, 9.17) is 0 Å². The van der Waals surface area contributed by atoms with Crippen molar-refractivity contribution in [3.63, 3.8) is 0 Å². The molecule has 5 fully saturated rings. The number of carbonyl (C=O) groups is 1. The third kappa shape index (κ3) is 2.61. The highest BCUT2D eigenvalue weighted by molar-refractivity contribution is 5.86. The Hall–Kier alpha value is -0.850. The summed E-state index contributed by atoms with van der Waals surface area (Å²) in [4.78, 5) is 12.8. The van der Waals surface area contributed by atoms with Gasteiger partial charge < -0.3 is 0 Å². The molecule has 0 saturated heterocycles. The monoisotopic (exact) mass is 436 g/mol. The van der Waals surface area contributed by atoms with Gasteiger partial charge in [-0.3, -0.25) is 4.79 Å². The van der Waals surface area contributed by atoms with E-state index in [1.807, 2.05) is 0 Å². The average molecular weight is 437 g/mol. The lowest BCUT2D eigenvalue weighted by molar-refractivity contribution is -0.154. The Bertz CT molecular complexity index is 862. The first-order chi connectivity index (χ1) is 14.9. The summed E-state index contributed by atoms with van der Waals surface area (Å²) >= 11 is 0. The molecule has 1 heteroatoms. The summed E-state index contributed by atoms with van der Waals surface area (Å²) in [5.41, 5.74) is 4.67. The molecule has 0 radical (unpaired) electrons. The second-order valence-corrected chi connectivity index (χ2v) is 14.2. The SMILES string of the molecule is C=C(CCC(=C)C1CCC2(C)C3CCC4C(C)(C)C(=O)CCC45CC35CCC12C)C(C)C. The largest absolute Gasteiger partial charge is 0.299 e. The lowest BCUT2D eigenvalue weighted by atomic mass is 9.42. The zero-order valence-corrected chi connectivity index (χ0v) is 21.9. The van der Waals surface area contributed by atoms with E-state index < -0.39 is 0 Å². The fraction of sp³-hybridized carbons (Fsp3) is 0.839. The maximum Gasteiger partial charge on any atom is 0.138 e. The van der Waals surface area contributed by atoms with Crippen molar-refractivity contribution < 1.29 is 4.79 Å². The van der Waals surface area contributed by atoms with Crippen LogP contribution >= 0.6 is 0 Å². The van der Waals surface area contributed by atoms with E-state index >= 15 is 0 Å². The van der Waals surface area contributed by atoms with Gasteiger partial charge in [0.25, 0.3) is 0 Å². The molecule has 32 heavy (non-hydrogen) atoms. The standard InChI is InChI=1S/C31H48O/c1-20(2)21(3)9-10-22(4)23-13-15-29(8)25-12-11-24-27(5,6)26(32)14-16-30(24)19-31(25,30)18-17-28(23,29)7/h20,23-25H,3-4,9-19H2,1-2,5-8H3. The van der Waals surface area contributed by atoms with E-state index in [9.17, 15) is 4.79 Å². The van der Waals surface area contributed by atoms with Crippen LogP contribution in [0.3, 0.4) is 0 Å². The zero-order chi connectivity index (χ0) is 23.3. The van der Waals surface area contributed by atoms with Crippen LogP contribution < -0.4 is 0 Å². The molecule has 178 valence electrons. The summed E-state index contributed by atoms with van der Waals surface area (Å²) in [6, 6.07) is 0. The van der Waals surface area contributed by atoms with E-state index in [0.717, 1.165) is 25.2 Å². The van der Waals surface area contributed by atoms with Crippen LogP contribution in [0.15, 0.2) is 24.3 Å². The first-order valence-electron chi connectivity index (χ1n) is 13.7. The van der Waals surface area contributed by atoms with Gasteiger partial charge in [-0.1, -0.05) is 65.8 Å². The highest BCUT2D eigenvalue weighted by Crippen LogP contribution is 2.88. The summed E-state index contributed by atoms with van der Waals surface area (Å²) in [6.45, 7) is 23.4. The molecule has 7 unspecified atom stereocenters. The van der Waals surface area contributed by atoms with Crippen LogP contribution in [0.25, 0.3) is 0 Å². The summed E-state index contributed by atoms with van der Waals surface area (Å²) in [5, 5.41) is 0. The van der Waals surface area contributed by atoms with Crippen LogP contribution in [0.1, 0.15) is 112 Å². The number of ketones is 1. The van der Waals surface area contributed by atoms with Crippen LogP contribution in [-0.4, -0.2) is 5.78 Å². The highest BCUT2D eigenvalue weighted by Gasteiger charge is 2.82. The van der Waals surface area contributed by atoms with Gasteiger partial charge in [-0.15, -0.1) is 0 Å².